The Bertz CT molecular complexity index is 340. The molecule has 0 aromatic carbocycles. The number of likely N-dealkylation sites (tertiary alicyclic amines) is 1. The molecule has 0 radical (unpaired) electrons. The smallest absolute Gasteiger partial charge is 0.0217 e. The topological polar surface area (TPSA) is 15.3 Å². The van der Waals surface area contributed by atoms with Gasteiger partial charge in [0.2, 0.25) is 0 Å². The van der Waals surface area contributed by atoms with Gasteiger partial charge in [-0.15, -0.1) is 11.3 Å². The molecule has 2 heterocycles. The zero-order valence-corrected chi connectivity index (χ0v) is 11.9. The molecule has 1 aromatic heterocycles. The van der Waals surface area contributed by atoms with Crippen LogP contribution in [0.1, 0.15) is 34.6 Å². The van der Waals surface area contributed by atoms with Gasteiger partial charge in [0.1, 0.15) is 0 Å². The first-order valence-corrected chi connectivity index (χ1v) is 7.56. The summed E-state index contributed by atoms with van der Waals surface area (Å²) in [5.41, 5.74) is 1.48. The van der Waals surface area contributed by atoms with E-state index in [0.717, 1.165) is 13.1 Å². The van der Waals surface area contributed by atoms with E-state index < -0.39 is 0 Å². The van der Waals surface area contributed by atoms with Crippen molar-refractivity contribution in [1.82, 2.24) is 10.2 Å². The lowest BCUT2D eigenvalue weighted by Crippen LogP contribution is -2.35. The summed E-state index contributed by atoms with van der Waals surface area (Å²) in [6, 6.07) is 2.31. The number of aryl methyl sites for hydroxylation is 2. The van der Waals surface area contributed by atoms with Crippen LogP contribution >= 0.6 is 11.3 Å². The Hall–Kier alpha value is -0.380. The van der Waals surface area contributed by atoms with Gasteiger partial charge in [-0.2, -0.15) is 0 Å². The number of piperidine rings is 1. The van der Waals surface area contributed by atoms with Crippen molar-refractivity contribution in [2.24, 2.45) is 0 Å². The summed E-state index contributed by atoms with van der Waals surface area (Å²) in [5, 5.41) is 3.57. The van der Waals surface area contributed by atoms with Crippen molar-refractivity contribution in [3.63, 3.8) is 0 Å². The third kappa shape index (κ3) is 4.09. The van der Waals surface area contributed by atoms with Gasteiger partial charge in [0.15, 0.2) is 0 Å². The summed E-state index contributed by atoms with van der Waals surface area (Å²) < 4.78 is 0. The van der Waals surface area contributed by atoms with Gasteiger partial charge in [0.05, 0.1) is 0 Å². The van der Waals surface area contributed by atoms with E-state index in [4.69, 9.17) is 0 Å². The monoisotopic (exact) mass is 252 g/mol. The molecule has 96 valence electrons. The maximum Gasteiger partial charge on any atom is 0.0217 e. The Labute approximate surface area is 109 Å². The standard InChI is InChI=1S/C14H24N2S/c1-12-10-14(13(2)17-12)11-15-6-9-16-7-4-3-5-8-16/h10,15H,3-9,11H2,1-2H3. The third-order valence-electron chi connectivity index (χ3n) is 3.51. The molecule has 0 bridgehead atoms. The first-order chi connectivity index (χ1) is 8.25. The quantitative estimate of drug-likeness (QED) is 0.811. The third-order valence-corrected chi connectivity index (χ3v) is 4.52. The van der Waals surface area contributed by atoms with E-state index in [-0.39, 0.29) is 0 Å². The van der Waals surface area contributed by atoms with Crippen molar-refractivity contribution in [3.05, 3.63) is 21.4 Å². The highest BCUT2D eigenvalue weighted by Crippen LogP contribution is 2.20. The SMILES string of the molecule is Cc1cc(CNCCN2CCCCC2)c(C)s1. The molecule has 2 rings (SSSR count). The van der Waals surface area contributed by atoms with E-state index in [1.54, 1.807) is 0 Å². The van der Waals surface area contributed by atoms with Crippen molar-refractivity contribution < 1.29 is 0 Å². The molecule has 1 fully saturated rings. The molecule has 1 aliphatic heterocycles. The first-order valence-electron chi connectivity index (χ1n) is 6.74. The van der Waals surface area contributed by atoms with Crippen LogP contribution < -0.4 is 5.32 Å². The van der Waals surface area contributed by atoms with Crippen molar-refractivity contribution in [3.8, 4) is 0 Å². The fourth-order valence-corrected chi connectivity index (χ4v) is 3.45. The number of rotatable bonds is 5. The van der Waals surface area contributed by atoms with Crippen LogP contribution in [0.25, 0.3) is 0 Å². The molecule has 0 atom stereocenters. The lowest BCUT2D eigenvalue weighted by Gasteiger charge is -2.26. The van der Waals surface area contributed by atoms with Gasteiger partial charge >= 0.3 is 0 Å². The number of thiophene rings is 1. The van der Waals surface area contributed by atoms with Gasteiger partial charge in [-0.3, -0.25) is 0 Å². The molecule has 17 heavy (non-hydrogen) atoms. The van der Waals surface area contributed by atoms with Crippen molar-refractivity contribution in [2.45, 2.75) is 39.7 Å². The minimum atomic E-state index is 1.03. The fraction of sp³-hybridized carbons (Fsp3) is 0.714. The molecule has 0 saturated carbocycles. The fourth-order valence-electron chi connectivity index (χ4n) is 2.50. The molecule has 0 unspecified atom stereocenters. The molecular weight excluding hydrogens is 228 g/mol. The van der Waals surface area contributed by atoms with Crippen LogP contribution in [0.3, 0.4) is 0 Å². The largest absolute Gasteiger partial charge is 0.311 e. The minimum absolute atomic E-state index is 1.03. The molecule has 1 aliphatic rings. The second-order valence-electron chi connectivity index (χ2n) is 5.02. The molecule has 1 saturated heterocycles. The van der Waals surface area contributed by atoms with E-state index >= 15 is 0 Å². The first kappa shape index (κ1) is 13.1. The van der Waals surface area contributed by atoms with E-state index in [2.05, 4.69) is 30.1 Å². The van der Waals surface area contributed by atoms with Crippen LogP contribution in [0.15, 0.2) is 6.07 Å². The van der Waals surface area contributed by atoms with Crippen molar-refractivity contribution in [1.29, 1.82) is 0 Å². The number of nitrogens with one attached hydrogen (secondary N) is 1. The van der Waals surface area contributed by atoms with Crippen LogP contribution in [0.5, 0.6) is 0 Å². The molecule has 3 heteroatoms. The van der Waals surface area contributed by atoms with Crippen LogP contribution in [-0.2, 0) is 6.54 Å². The summed E-state index contributed by atoms with van der Waals surface area (Å²) in [6.07, 6.45) is 4.21. The normalized spacial score (nSPS) is 17.5. The highest BCUT2D eigenvalue weighted by molar-refractivity contribution is 7.12. The van der Waals surface area contributed by atoms with Gasteiger partial charge in [0.25, 0.3) is 0 Å². The molecule has 0 aliphatic carbocycles. The maximum atomic E-state index is 3.57. The zero-order chi connectivity index (χ0) is 12.1. The zero-order valence-electron chi connectivity index (χ0n) is 11.1. The van der Waals surface area contributed by atoms with Crippen molar-refractivity contribution in [2.75, 3.05) is 26.2 Å². The lowest BCUT2D eigenvalue weighted by molar-refractivity contribution is 0.229. The maximum absolute atomic E-state index is 3.57. The van der Waals surface area contributed by atoms with Crippen molar-refractivity contribution >= 4 is 11.3 Å². The van der Waals surface area contributed by atoms with E-state index in [9.17, 15) is 0 Å². The molecule has 0 spiro atoms. The highest BCUT2D eigenvalue weighted by atomic mass is 32.1. The average Bonchev–Trinajstić information content (AvgIpc) is 2.65. The minimum Gasteiger partial charge on any atom is -0.311 e. The Balaban J connectivity index is 1.64. The second kappa shape index (κ2) is 6.53. The van der Waals surface area contributed by atoms with E-state index in [0.29, 0.717) is 0 Å². The predicted octanol–water partition coefficient (Wildman–Crippen LogP) is 2.94. The Morgan fingerprint density at radius 3 is 2.65 bits per heavy atom. The molecule has 2 nitrogen and oxygen atoms in total. The Morgan fingerprint density at radius 1 is 1.24 bits per heavy atom. The van der Waals surface area contributed by atoms with E-state index in [1.807, 2.05) is 11.3 Å². The van der Waals surface area contributed by atoms with Crippen LogP contribution in [0.2, 0.25) is 0 Å². The van der Waals surface area contributed by atoms with Gasteiger partial charge < -0.3 is 10.2 Å². The number of hydrogen-bond donors (Lipinski definition) is 1. The van der Waals surface area contributed by atoms with Gasteiger partial charge in [0, 0.05) is 29.4 Å². The highest BCUT2D eigenvalue weighted by Gasteiger charge is 2.09. The molecule has 1 N–H and O–H groups in total. The van der Waals surface area contributed by atoms with Gasteiger partial charge in [-0.1, -0.05) is 6.42 Å². The van der Waals surface area contributed by atoms with Crippen LogP contribution in [0, 0.1) is 13.8 Å². The lowest BCUT2D eigenvalue weighted by atomic mass is 10.1. The Morgan fingerprint density at radius 2 is 2.00 bits per heavy atom. The predicted molar refractivity (Wildman–Crippen MR) is 75.8 cm³/mol. The van der Waals surface area contributed by atoms with Crippen LogP contribution in [-0.4, -0.2) is 31.1 Å². The summed E-state index contributed by atoms with van der Waals surface area (Å²) in [4.78, 5) is 5.48. The summed E-state index contributed by atoms with van der Waals surface area (Å²) in [7, 11) is 0. The van der Waals surface area contributed by atoms with E-state index in [1.165, 1.54) is 54.2 Å². The Kier molecular flexibility index (Phi) is 5.01. The molecule has 1 aromatic rings. The molecule has 0 amide bonds. The second-order valence-corrected chi connectivity index (χ2v) is 6.48. The number of nitrogens with zero attached hydrogens (tertiary/aromatic N) is 1. The summed E-state index contributed by atoms with van der Waals surface area (Å²) >= 11 is 1.90. The van der Waals surface area contributed by atoms with Crippen LogP contribution in [0.4, 0.5) is 0 Å². The summed E-state index contributed by atoms with van der Waals surface area (Å²) in [6.45, 7) is 10.4. The summed E-state index contributed by atoms with van der Waals surface area (Å²) in [5.74, 6) is 0. The number of hydrogen-bond acceptors (Lipinski definition) is 3. The van der Waals surface area contributed by atoms with Gasteiger partial charge in [-0.25, -0.2) is 0 Å². The van der Waals surface area contributed by atoms with Gasteiger partial charge in [-0.05, 0) is 51.4 Å². The average molecular weight is 252 g/mol. The molecular formula is C14H24N2S.